The summed E-state index contributed by atoms with van der Waals surface area (Å²) in [6.45, 7) is 23.6. The minimum absolute atomic E-state index is 0.144. The molecule has 0 aliphatic heterocycles. The topological polar surface area (TPSA) is 0 Å². The van der Waals surface area contributed by atoms with Gasteiger partial charge in [0.15, 0.2) is 0 Å². The molecule has 0 bridgehead atoms. The summed E-state index contributed by atoms with van der Waals surface area (Å²) < 4.78 is 0. The molecule has 0 amide bonds. The van der Waals surface area contributed by atoms with Crippen LogP contribution in [0.25, 0.3) is 0 Å². The summed E-state index contributed by atoms with van der Waals surface area (Å²) in [6.07, 6.45) is 6.32. The summed E-state index contributed by atoms with van der Waals surface area (Å²) >= 11 is 0. The molecule has 0 rings (SSSR count). The molecular formula is C15H27B2P. The molecule has 0 saturated heterocycles. The second-order valence-corrected chi connectivity index (χ2v) is 8.00. The molecule has 0 fully saturated rings. The van der Waals surface area contributed by atoms with Crippen molar-refractivity contribution >= 4 is 21.3 Å². The third-order valence-electron chi connectivity index (χ3n) is 3.20. The Labute approximate surface area is 116 Å². The van der Waals surface area contributed by atoms with Crippen LogP contribution in [0.15, 0.2) is 47.7 Å². The van der Waals surface area contributed by atoms with Crippen LogP contribution in [0.1, 0.15) is 20.8 Å². The molecule has 0 aliphatic carbocycles. The minimum atomic E-state index is -0.569. The third-order valence-corrected chi connectivity index (χ3v) is 5.45. The van der Waals surface area contributed by atoms with Crippen molar-refractivity contribution in [3.8, 4) is 0 Å². The first kappa shape index (κ1) is 17.5. The molecule has 0 nitrogen and oxygen atoms in total. The normalized spacial score (nSPS) is 15.6. The standard InChI is InChI=1S/C15H27B2P/c1-9-12(15(3,4)5)11-13(16-6)14(10-2)18(8)17-7/h9-11,16,18H,1-2H2,3-8H3/b12-11+,14-13-. The summed E-state index contributed by atoms with van der Waals surface area (Å²) in [5.41, 5.74) is 2.85. The Bertz CT molecular complexity index is 407. The van der Waals surface area contributed by atoms with Crippen molar-refractivity contribution in [1.29, 1.82) is 0 Å². The van der Waals surface area contributed by atoms with Gasteiger partial charge in [-0.1, -0.05) is 0 Å². The van der Waals surface area contributed by atoms with E-state index in [1.807, 2.05) is 12.2 Å². The van der Waals surface area contributed by atoms with Crippen LogP contribution in [-0.4, -0.2) is 20.6 Å². The van der Waals surface area contributed by atoms with Crippen LogP contribution in [0.3, 0.4) is 0 Å². The molecule has 0 radical (unpaired) electrons. The molecular weight excluding hydrogens is 233 g/mol. The van der Waals surface area contributed by atoms with Gasteiger partial charge in [-0.05, 0) is 0 Å². The first-order chi connectivity index (χ1) is 8.31. The number of allylic oxidation sites excluding steroid dienone is 6. The third kappa shape index (κ3) is 5.02. The van der Waals surface area contributed by atoms with Crippen molar-refractivity contribution in [1.82, 2.24) is 0 Å². The maximum absolute atomic E-state index is 3.99. The van der Waals surface area contributed by atoms with Crippen molar-refractivity contribution in [3.63, 3.8) is 0 Å². The fourth-order valence-electron chi connectivity index (χ4n) is 1.84. The first-order valence-electron chi connectivity index (χ1n) is 6.65. The van der Waals surface area contributed by atoms with Gasteiger partial charge in [0, 0.05) is 0 Å². The second-order valence-electron chi connectivity index (χ2n) is 5.52. The van der Waals surface area contributed by atoms with Crippen LogP contribution in [0.5, 0.6) is 0 Å². The van der Waals surface area contributed by atoms with E-state index in [1.54, 1.807) is 0 Å². The van der Waals surface area contributed by atoms with E-state index in [-0.39, 0.29) is 5.41 Å². The van der Waals surface area contributed by atoms with Crippen LogP contribution < -0.4 is 0 Å². The van der Waals surface area contributed by atoms with Crippen molar-refractivity contribution in [2.24, 2.45) is 5.41 Å². The van der Waals surface area contributed by atoms with E-state index in [2.05, 4.69) is 66.9 Å². The predicted octanol–water partition coefficient (Wildman–Crippen LogP) is 4.54. The zero-order chi connectivity index (χ0) is 14.3. The summed E-state index contributed by atoms with van der Waals surface area (Å²) in [6, 6.07) is 0. The Morgan fingerprint density at radius 3 is 2.06 bits per heavy atom. The fourth-order valence-corrected chi connectivity index (χ4v) is 3.23. The summed E-state index contributed by atoms with van der Waals surface area (Å²) in [5.74, 6) is 0. The van der Waals surface area contributed by atoms with Gasteiger partial charge in [0.05, 0.1) is 0 Å². The van der Waals surface area contributed by atoms with E-state index in [0.717, 1.165) is 7.28 Å². The van der Waals surface area contributed by atoms with Gasteiger partial charge in [0.1, 0.15) is 0 Å². The van der Waals surface area contributed by atoms with Crippen LogP contribution >= 0.6 is 7.41 Å². The quantitative estimate of drug-likeness (QED) is 0.386. The molecule has 1 unspecified atom stereocenters. The SMILES string of the molecule is C=C\C(=C/C(BC)=C(C=C)/[PH](C)=B\C)C(C)(C)C. The summed E-state index contributed by atoms with van der Waals surface area (Å²) in [4.78, 5) is 0. The van der Waals surface area contributed by atoms with Gasteiger partial charge in [-0.3, -0.25) is 0 Å². The maximum atomic E-state index is 3.99. The van der Waals surface area contributed by atoms with Crippen molar-refractivity contribution < 1.29 is 0 Å². The first-order valence-corrected chi connectivity index (χ1v) is 8.73. The number of hydrogen-bond acceptors (Lipinski definition) is 0. The van der Waals surface area contributed by atoms with Gasteiger partial charge in [0.25, 0.3) is 0 Å². The van der Waals surface area contributed by atoms with E-state index in [1.165, 1.54) is 16.4 Å². The van der Waals surface area contributed by atoms with Crippen LogP contribution in [-0.2, 0) is 0 Å². The molecule has 0 aromatic heterocycles. The summed E-state index contributed by atoms with van der Waals surface area (Å²) in [7, 11) is 0.477. The fraction of sp³-hybridized carbons (Fsp3) is 0.467. The van der Waals surface area contributed by atoms with E-state index in [4.69, 9.17) is 0 Å². The van der Waals surface area contributed by atoms with Gasteiger partial charge in [-0.25, -0.2) is 0 Å². The van der Waals surface area contributed by atoms with Crippen LogP contribution in [0, 0.1) is 5.41 Å². The zero-order valence-electron chi connectivity index (χ0n) is 12.9. The molecule has 0 saturated carbocycles. The molecule has 0 aliphatic rings. The predicted molar refractivity (Wildman–Crippen MR) is 93.8 cm³/mol. The van der Waals surface area contributed by atoms with Crippen LogP contribution in [0.2, 0.25) is 13.6 Å². The molecule has 0 N–H and O–H groups in total. The average Bonchev–Trinajstić information content (AvgIpc) is 2.31. The molecule has 0 heterocycles. The van der Waals surface area contributed by atoms with Crippen molar-refractivity contribution in [3.05, 3.63) is 47.7 Å². The monoisotopic (exact) mass is 260 g/mol. The molecule has 1 atom stereocenters. The van der Waals surface area contributed by atoms with Crippen LogP contribution in [0.4, 0.5) is 0 Å². The molecule has 98 valence electrons. The van der Waals surface area contributed by atoms with Gasteiger partial charge >= 0.3 is 116 Å². The zero-order valence-corrected chi connectivity index (χ0v) is 13.9. The molecule has 18 heavy (non-hydrogen) atoms. The second kappa shape index (κ2) is 7.85. The van der Waals surface area contributed by atoms with E-state index < -0.39 is 7.41 Å². The van der Waals surface area contributed by atoms with E-state index >= 15 is 0 Å². The van der Waals surface area contributed by atoms with Gasteiger partial charge in [0.2, 0.25) is 0 Å². The molecule has 0 spiro atoms. The van der Waals surface area contributed by atoms with E-state index in [0.29, 0.717) is 0 Å². The Balaban J connectivity index is 5.85. The summed E-state index contributed by atoms with van der Waals surface area (Å²) in [5, 5.41) is 1.42. The molecule has 0 aromatic carbocycles. The number of rotatable bonds is 5. The van der Waals surface area contributed by atoms with E-state index in [9.17, 15) is 0 Å². The Morgan fingerprint density at radius 1 is 1.22 bits per heavy atom. The molecule has 3 heteroatoms. The molecule has 0 aromatic rings. The van der Waals surface area contributed by atoms with Crippen molar-refractivity contribution in [2.45, 2.75) is 34.4 Å². The Hall–Kier alpha value is -0.480. The average molecular weight is 260 g/mol. The Kier molecular flexibility index (Phi) is 7.64. The van der Waals surface area contributed by atoms with Gasteiger partial charge in [-0.2, -0.15) is 0 Å². The Morgan fingerprint density at radius 2 is 1.78 bits per heavy atom. The van der Waals surface area contributed by atoms with Gasteiger partial charge < -0.3 is 0 Å². The van der Waals surface area contributed by atoms with Crippen molar-refractivity contribution in [2.75, 3.05) is 6.66 Å². The number of hydrogen-bond donors (Lipinski definition) is 0. The van der Waals surface area contributed by atoms with Gasteiger partial charge in [-0.15, -0.1) is 0 Å².